The van der Waals surface area contributed by atoms with Gasteiger partial charge in [-0.3, -0.25) is 4.79 Å². The van der Waals surface area contributed by atoms with Gasteiger partial charge in [0.2, 0.25) is 0 Å². The van der Waals surface area contributed by atoms with Gasteiger partial charge in [0.1, 0.15) is 6.04 Å². The normalized spacial score (nSPS) is 17.4. The van der Waals surface area contributed by atoms with E-state index in [4.69, 9.17) is 0 Å². The van der Waals surface area contributed by atoms with E-state index in [1.165, 1.54) is 49.0 Å². The highest BCUT2D eigenvalue weighted by Crippen LogP contribution is 2.37. The molecule has 1 fully saturated rings. The number of benzene rings is 2. The Bertz CT molecular complexity index is 1630. The van der Waals surface area contributed by atoms with E-state index in [9.17, 15) is 20.0 Å². The van der Waals surface area contributed by atoms with Crippen LogP contribution in [0.25, 0.3) is 22.5 Å². The maximum absolute atomic E-state index is 12.8. The monoisotopic (exact) mass is 606 g/mol. The summed E-state index contributed by atoms with van der Waals surface area (Å²) in [5, 5.41) is 21.8. The number of nitrogens with zero attached hydrogens (tertiary/aromatic N) is 3. The fourth-order valence-corrected chi connectivity index (χ4v) is 6.75. The van der Waals surface area contributed by atoms with E-state index in [0.717, 1.165) is 33.0 Å². The summed E-state index contributed by atoms with van der Waals surface area (Å²) in [6.45, 7) is 5.85. The lowest BCUT2D eigenvalue weighted by Crippen LogP contribution is -2.42. The van der Waals surface area contributed by atoms with Crippen molar-refractivity contribution in [2.24, 2.45) is 5.92 Å². The summed E-state index contributed by atoms with van der Waals surface area (Å²) in [6.07, 6.45) is 10.3. The van der Waals surface area contributed by atoms with Crippen molar-refractivity contribution < 1.29 is 14.7 Å². The van der Waals surface area contributed by atoms with E-state index in [2.05, 4.69) is 52.5 Å². The molecule has 4 aromatic rings. The molecule has 44 heavy (non-hydrogen) atoms. The first kappa shape index (κ1) is 31.1. The molecule has 2 aromatic heterocycles. The number of aromatic nitrogens is 2. The maximum atomic E-state index is 12.8. The van der Waals surface area contributed by atoms with Crippen molar-refractivity contribution in [1.29, 1.82) is 5.26 Å². The highest BCUT2D eigenvalue weighted by molar-refractivity contribution is 7.14. The Morgan fingerprint density at radius 1 is 0.955 bits per heavy atom. The van der Waals surface area contributed by atoms with Gasteiger partial charge in [-0.05, 0) is 80.2 Å². The highest BCUT2D eigenvalue weighted by Gasteiger charge is 2.26. The second kappa shape index (κ2) is 13.5. The second-order valence-corrected chi connectivity index (χ2v) is 13.3. The van der Waals surface area contributed by atoms with Gasteiger partial charge < -0.3 is 10.4 Å². The lowest BCUT2D eigenvalue weighted by atomic mass is 9.78. The van der Waals surface area contributed by atoms with Crippen LogP contribution in [0.5, 0.6) is 0 Å². The van der Waals surface area contributed by atoms with E-state index in [0.29, 0.717) is 16.6 Å². The number of nitrogens with one attached hydrogen (secondary N) is 1. The van der Waals surface area contributed by atoms with E-state index >= 15 is 0 Å². The van der Waals surface area contributed by atoms with Crippen molar-refractivity contribution in [3.63, 3.8) is 0 Å². The zero-order valence-corrected chi connectivity index (χ0v) is 26.2. The van der Waals surface area contributed by atoms with E-state index in [-0.39, 0.29) is 6.42 Å². The highest BCUT2D eigenvalue weighted by atomic mass is 32.1. The Hall–Kier alpha value is -4.35. The van der Waals surface area contributed by atoms with Crippen LogP contribution in [0, 0.1) is 17.2 Å². The molecular formula is C36H38N4O3S. The Morgan fingerprint density at radius 3 is 2.18 bits per heavy atom. The molecule has 1 atom stereocenters. The van der Waals surface area contributed by atoms with Gasteiger partial charge in [-0.1, -0.05) is 61.9 Å². The van der Waals surface area contributed by atoms with Crippen LogP contribution in [-0.4, -0.2) is 33.0 Å². The molecule has 8 heteroatoms. The quantitative estimate of drug-likeness (QED) is 0.190. The standard InChI is InChI=1S/C36H38N4O3S/c1-4-23-5-9-25(10-6-23)26-13-15-27(16-14-26)29-20-38-33(39-21-29)28-11-7-24(8-12-28)19-30(35(42)43)40-34(41)31-17-18-32(44-31)36(2,3)22-37/h7-8,11-18,20-21,23,25,30H,4-6,9-10,19H2,1-3H3,(H,40,41)(H,42,43)/t23-,25-,30-/m0/s1. The van der Waals surface area contributed by atoms with Gasteiger partial charge in [0.05, 0.1) is 16.4 Å². The number of nitriles is 1. The summed E-state index contributed by atoms with van der Waals surface area (Å²) >= 11 is 1.20. The SMILES string of the molecule is CC[C@H]1CC[C@H](c2ccc(-c3cnc(-c4ccc(C[C@H](NC(=O)c5ccc(C(C)(C)C#N)s5)C(=O)O)cc4)nc3)cc2)CC1. The second-order valence-electron chi connectivity index (χ2n) is 12.2. The lowest BCUT2D eigenvalue weighted by Gasteiger charge is -2.28. The third-order valence-electron chi connectivity index (χ3n) is 8.77. The first-order chi connectivity index (χ1) is 21.2. The third kappa shape index (κ3) is 7.23. The lowest BCUT2D eigenvalue weighted by molar-refractivity contribution is -0.139. The number of hydrogen-bond acceptors (Lipinski definition) is 6. The van der Waals surface area contributed by atoms with E-state index in [1.54, 1.807) is 26.0 Å². The molecule has 1 amide bonds. The van der Waals surface area contributed by atoms with Crippen LogP contribution >= 0.6 is 11.3 Å². The van der Waals surface area contributed by atoms with Crippen molar-refractivity contribution in [3.8, 4) is 28.6 Å². The van der Waals surface area contributed by atoms with Crippen LogP contribution in [0.4, 0.5) is 0 Å². The number of hydrogen-bond donors (Lipinski definition) is 2. The zero-order valence-electron chi connectivity index (χ0n) is 25.4. The largest absolute Gasteiger partial charge is 0.480 e. The summed E-state index contributed by atoms with van der Waals surface area (Å²) in [6, 6.07) is 20.7. The van der Waals surface area contributed by atoms with Crippen molar-refractivity contribution in [2.45, 2.75) is 76.7 Å². The number of amides is 1. The Kier molecular flexibility index (Phi) is 9.55. The molecule has 2 heterocycles. The summed E-state index contributed by atoms with van der Waals surface area (Å²) in [4.78, 5) is 35.1. The molecule has 0 spiro atoms. The minimum Gasteiger partial charge on any atom is -0.480 e. The molecule has 0 aliphatic heterocycles. The molecule has 2 N–H and O–H groups in total. The van der Waals surface area contributed by atoms with Gasteiger partial charge in [0, 0.05) is 34.8 Å². The number of rotatable bonds is 10. The van der Waals surface area contributed by atoms with Crippen LogP contribution in [0.1, 0.15) is 84.5 Å². The van der Waals surface area contributed by atoms with Crippen molar-refractivity contribution >= 4 is 23.2 Å². The minimum absolute atomic E-state index is 0.124. The molecule has 0 radical (unpaired) electrons. The van der Waals surface area contributed by atoms with Crippen LogP contribution in [-0.2, 0) is 16.6 Å². The van der Waals surface area contributed by atoms with Crippen molar-refractivity contribution in [3.05, 3.63) is 93.9 Å². The molecule has 1 aliphatic rings. The molecule has 226 valence electrons. The van der Waals surface area contributed by atoms with Crippen LogP contribution in [0.3, 0.4) is 0 Å². The average Bonchev–Trinajstić information content (AvgIpc) is 3.57. The Balaban J connectivity index is 1.20. The van der Waals surface area contributed by atoms with Crippen LogP contribution in [0.15, 0.2) is 73.1 Å². The number of carbonyl (C=O) groups is 2. The predicted octanol–water partition coefficient (Wildman–Crippen LogP) is 7.78. The van der Waals surface area contributed by atoms with Gasteiger partial charge >= 0.3 is 5.97 Å². The summed E-state index contributed by atoms with van der Waals surface area (Å²) in [7, 11) is 0. The maximum Gasteiger partial charge on any atom is 0.326 e. The van der Waals surface area contributed by atoms with Gasteiger partial charge in [0.25, 0.3) is 5.91 Å². The molecule has 0 saturated heterocycles. The number of aliphatic carboxylic acids is 1. The van der Waals surface area contributed by atoms with Crippen molar-refractivity contribution in [2.75, 3.05) is 0 Å². The number of carboxylic acids is 1. The summed E-state index contributed by atoms with van der Waals surface area (Å²) in [5.41, 5.74) is 4.33. The van der Waals surface area contributed by atoms with E-state index in [1.807, 2.05) is 36.7 Å². The minimum atomic E-state index is -1.12. The van der Waals surface area contributed by atoms with E-state index < -0.39 is 23.3 Å². The molecule has 0 bridgehead atoms. The van der Waals surface area contributed by atoms with Gasteiger partial charge in [0.15, 0.2) is 5.82 Å². The molecule has 2 aromatic carbocycles. The summed E-state index contributed by atoms with van der Waals surface area (Å²) in [5.74, 6) is 0.546. The number of thiophene rings is 1. The topological polar surface area (TPSA) is 116 Å². The molecule has 7 nitrogen and oxygen atoms in total. The fraction of sp³-hybridized carbons (Fsp3) is 0.361. The first-order valence-corrected chi connectivity index (χ1v) is 16.1. The molecule has 1 saturated carbocycles. The Morgan fingerprint density at radius 2 is 1.59 bits per heavy atom. The van der Waals surface area contributed by atoms with Crippen LogP contribution < -0.4 is 5.32 Å². The molecule has 1 aliphatic carbocycles. The van der Waals surface area contributed by atoms with Gasteiger partial charge in [-0.15, -0.1) is 11.3 Å². The smallest absolute Gasteiger partial charge is 0.326 e. The predicted molar refractivity (Wildman–Crippen MR) is 173 cm³/mol. The molecular weight excluding hydrogens is 568 g/mol. The fourth-order valence-electron chi connectivity index (χ4n) is 5.78. The van der Waals surface area contributed by atoms with Crippen LogP contribution in [0.2, 0.25) is 0 Å². The van der Waals surface area contributed by atoms with Gasteiger partial charge in [-0.25, -0.2) is 14.8 Å². The first-order valence-electron chi connectivity index (χ1n) is 15.2. The van der Waals surface area contributed by atoms with Crippen molar-refractivity contribution in [1.82, 2.24) is 15.3 Å². The Labute approximate surface area is 263 Å². The molecule has 0 unspecified atom stereocenters. The summed E-state index contributed by atoms with van der Waals surface area (Å²) < 4.78 is 0. The number of carbonyl (C=O) groups excluding carboxylic acids is 1. The third-order valence-corrected chi connectivity index (χ3v) is 10.2. The van der Waals surface area contributed by atoms with Gasteiger partial charge in [-0.2, -0.15) is 5.26 Å². The molecule has 5 rings (SSSR count). The average molecular weight is 607 g/mol. The zero-order chi connectivity index (χ0) is 31.3. The number of carboxylic acid groups (broad SMARTS) is 1.